The Labute approximate surface area is 118 Å². The number of nitrogens with two attached hydrogens (primary N) is 1. The van der Waals surface area contributed by atoms with Gasteiger partial charge in [-0.2, -0.15) is 0 Å². The Morgan fingerprint density at radius 1 is 0.900 bits per heavy atom. The quantitative estimate of drug-likeness (QED) is 0.275. The van der Waals surface area contributed by atoms with Crippen molar-refractivity contribution in [3.63, 3.8) is 0 Å². The lowest BCUT2D eigenvalue weighted by Gasteiger charge is -2.24. The first-order valence-corrected chi connectivity index (χ1v) is 6.75. The van der Waals surface area contributed by atoms with Gasteiger partial charge in [0.25, 0.3) is 0 Å². The fourth-order valence-corrected chi connectivity index (χ4v) is 1.90. The van der Waals surface area contributed by atoms with Crippen LogP contribution in [0.1, 0.15) is 5.56 Å². The highest BCUT2D eigenvalue weighted by molar-refractivity contribution is 5.14. The van der Waals surface area contributed by atoms with Crippen LogP contribution in [-0.4, -0.2) is 69.6 Å². The van der Waals surface area contributed by atoms with Crippen molar-refractivity contribution in [2.75, 3.05) is 19.7 Å². The molecule has 1 aromatic rings. The number of aliphatic hydroxyl groups excluding tert-OH is 5. The van der Waals surface area contributed by atoms with Crippen molar-refractivity contribution in [3.8, 4) is 0 Å². The van der Waals surface area contributed by atoms with E-state index in [4.69, 9.17) is 5.11 Å². The molecule has 4 atom stereocenters. The molecule has 0 unspecified atom stereocenters. The Bertz CT molecular complexity index is 362. The lowest BCUT2D eigenvalue weighted by molar-refractivity contribution is -0.661. The van der Waals surface area contributed by atoms with Crippen molar-refractivity contribution in [1.82, 2.24) is 0 Å². The Morgan fingerprint density at radius 2 is 1.50 bits per heavy atom. The summed E-state index contributed by atoms with van der Waals surface area (Å²) in [4.78, 5) is 0. The zero-order chi connectivity index (χ0) is 15.0. The molecule has 0 aliphatic rings. The molecule has 6 nitrogen and oxygen atoms in total. The summed E-state index contributed by atoms with van der Waals surface area (Å²) in [6.45, 7) is 0.290. The molecule has 0 aliphatic heterocycles. The number of quaternary nitrogens is 1. The number of rotatable bonds is 9. The maximum atomic E-state index is 9.70. The van der Waals surface area contributed by atoms with Crippen LogP contribution in [0.2, 0.25) is 0 Å². The molecule has 6 heteroatoms. The van der Waals surface area contributed by atoms with E-state index in [-0.39, 0.29) is 6.54 Å². The predicted octanol–water partition coefficient (Wildman–Crippen LogP) is -2.77. The van der Waals surface area contributed by atoms with Crippen molar-refractivity contribution in [2.45, 2.75) is 30.8 Å². The van der Waals surface area contributed by atoms with E-state index in [1.807, 2.05) is 35.6 Å². The van der Waals surface area contributed by atoms with Gasteiger partial charge in [-0.15, -0.1) is 0 Å². The highest BCUT2D eigenvalue weighted by Crippen LogP contribution is 2.03. The van der Waals surface area contributed by atoms with E-state index in [1.165, 1.54) is 5.56 Å². The van der Waals surface area contributed by atoms with Crippen molar-refractivity contribution >= 4 is 0 Å². The van der Waals surface area contributed by atoms with Gasteiger partial charge in [0.05, 0.1) is 13.2 Å². The van der Waals surface area contributed by atoms with Crippen molar-refractivity contribution in [3.05, 3.63) is 35.9 Å². The molecule has 0 radical (unpaired) electrons. The highest BCUT2D eigenvalue weighted by Gasteiger charge is 2.30. The van der Waals surface area contributed by atoms with Crippen LogP contribution >= 0.6 is 0 Å². The Kier molecular flexibility index (Phi) is 7.68. The van der Waals surface area contributed by atoms with Crippen LogP contribution in [0.15, 0.2) is 30.3 Å². The smallest absolute Gasteiger partial charge is 0.131 e. The summed E-state index contributed by atoms with van der Waals surface area (Å²) in [6, 6.07) is 9.89. The second-order valence-corrected chi connectivity index (χ2v) is 4.85. The third-order valence-electron chi connectivity index (χ3n) is 3.21. The van der Waals surface area contributed by atoms with Gasteiger partial charge in [-0.3, -0.25) is 0 Å². The van der Waals surface area contributed by atoms with Crippen LogP contribution in [0.5, 0.6) is 0 Å². The van der Waals surface area contributed by atoms with E-state index in [9.17, 15) is 20.4 Å². The Hall–Kier alpha value is -1.02. The van der Waals surface area contributed by atoms with E-state index >= 15 is 0 Å². The lowest BCUT2D eigenvalue weighted by Crippen LogP contribution is -2.87. The van der Waals surface area contributed by atoms with Gasteiger partial charge in [0.15, 0.2) is 0 Å². The van der Waals surface area contributed by atoms with Gasteiger partial charge in [0.1, 0.15) is 31.0 Å². The molecule has 0 saturated carbocycles. The fraction of sp³-hybridized carbons (Fsp3) is 0.571. The third kappa shape index (κ3) is 5.54. The Balaban J connectivity index is 2.24. The van der Waals surface area contributed by atoms with Gasteiger partial charge in [0.2, 0.25) is 0 Å². The maximum absolute atomic E-state index is 9.70. The molecule has 0 bridgehead atoms. The molecule has 0 aliphatic carbocycles. The first-order chi connectivity index (χ1) is 9.56. The van der Waals surface area contributed by atoms with Crippen LogP contribution in [0.3, 0.4) is 0 Å². The first kappa shape index (κ1) is 17.0. The standard InChI is InChI=1S/C14H23NO5/c16-9-12(18)14(20)13(19)11(17)8-15-7-6-10-4-2-1-3-5-10/h1-5,11-20H,6-9H2/p+1/t11-,12+,13+,14+/m0/s1. The summed E-state index contributed by atoms with van der Waals surface area (Å²) in [6.07, 6.45) is -4.82. The van der Waals surface area contributed by atoms with Gasteiger partial charge < -0.3 is 30.8 Å². The molecule has 0 saturated heterocycles. The molecule has 1 rings (SSSR count). The molecule has 0 heterocycles. The van der Waals surface area contributed by atoms with Gasteiger partial charge in [0, 0.05) is 6.42 Å². The molecule has 114 valence electrons. The highest BCUT2D eigenvalue weighted by atomic mass is 16.4. The number of aliphatic hydroxyl groups is 5. The number of benzene rings is 1. The van der Waals surface area contributed by atoms with Gasteiger partial charge in [-0.25, -0.2) is 0 Å². The Morgan fingerprint density at radius 3 is 2.10 bits per heavy atom. The molecule has 0 fully saturated rings. The lowest BCUT2D eigenvalue weighted by atomic mass is 10.0. The molecule has 1 aromatic carbocycles. The summed E-state index contributed by atoms with van der Waals surface area (Å²) in [5.74, 6) is 0. The monoisotopic (exact) mass is 286 g/mol. The SMILES string of the molecule is OC[C@@H](O)[C@@H](O)[C@H](O)[C@@H](O)C[NH2+]CCc1ccccc1. The van der Waals surface area contributed by atoms with E-state index in [0.717, 1.165) is 13.0 Å². The maximum Gasteiger partial charge on any atom is 0.131 e. The van der Waals surface area contributed by atoms with Crippen LogP contribution in [0.4, 0.5) is 0 Å². The van der Waals surface area contributed by atoms with Crippen LogP contribution in [0.25, 0.3) is 0 Å². The summed E-state index contributed by atoms with van der Waals surface area (Å²) in [5.41, 5.74) is 1.19. The van der Waals surface area contributed by atoms with Crippen LogP contribution in [-0.2, 0) is 6.42 Å². The van der Waals surface area contributed by atoms with Crippen molar-refractivity contribution in [1.29, 1.82) is 0 Å². The molecular formula is C14H24NO5+. The minimum atomic E-state index is -1.56. The van der Waals surface area contributed by atoms with Crippen LogP contribution in [0, 0.1) is 0 Å². The summed E-state index contributed by atoms with van der Waals surface area (Å²) >= 11 is 0. The van der Waals surface area contributed by atoms with Crippen LogP contribution < -0.4 is 5.32 Å². The van der Waals surface area contributed by atoms with Crippen molar-refractivity contribution in [2.24, 2.45) is 0 Å². The molecule has 20 heavy (non-hydrogen) atoms. The molecule has 7 N–H and O–H groups in total. The normalized spacial score (nSPS) is 17.4. The first-order valence-electron chi connectivity index (χ1n) is 6.75. The predicted molar refractivity (Wildman–Crippen MR) is 72.9 cm³/mol. The minimum absolute atomic E-state index is 0.212. The largest absolute Gasteiger partial charge is 0.394 e. The topological polar surface area (TPSA) is 118 Å². The summed E-state index contributed by atoms with van der Waals surface area (Å²) < 4.78 is 0. The second kappa shape index (κ2) is 9.02. The summed E-state index contributed by atoms with van der Waals surface area (Å²) in [5, 5.41) is 48.4. The average Bonchev–Trinajstić information content (AvgIpc) is 2.50. The zero-order valence-electron chi connectivity index (χ0n) is 11.3. The van der Waals surface area contributed by atoms with E-state index < -0.39 is 31.0 Å². The number of hydrogen-bond donors (Lipinski definition) is 6. The summed E-state index contributed by atoms with van der Waals surface area (Å²) in [7, 11) is 0. The van der Waals surface area contributed by atoms with E-state index in [1.54, 1.807) is 0 Å². The van der Waals surface area contributed by atoms with Crippen molar-refractivity contribution < 1.29 is 30.8 Å². The minimum Gasteiger partial charge on any atom is -0.394 e. The van der Waals surface area contributed by atoms with Gasteiger partial charge >= 0.3 is 0 Å². The van der Waals surface area contributed by atoms with E-state index in [2.05, 4.69) is 0 Å². The number of hydrogen-bond acceptors (Lipinski definition) is 5. The molecule has 0 spiro atoms. The molecule has 0 aromatic heterocycles. The third-order valence-corrected chi connectivity index (χ3v) is 3.21. The molecular weight excluding hydrogens is 262 g/mol. The fourth-order valence-electron chi connectivity index (χ4n) is 1.90. The van der Waals surface area contributed by atoms with Gasteiger partial charge in [-0.1, -0.05) is 30.3 Å². The average molecular weight is 286 g/mol. The molecule has 0 amide bonds. The van der Waals surface area contributed by atoms with Gasteiger partial charge in [-0.05, 0) is 5.56 Å². The zero-order valence-corrected chi connectivity index (χ0v) is 11.3. The second-order valence-electron chi connectivity index (χ2n) is 4.85. The van der Waals surface area contributed by atoms with E-state index in [0.29, 0.717) is 0 Å².